The van der Waals surface area contributed by atoms with E-state index in [9.17, 15) is 4.91 Å². The molecule has 0 saturated heterocycles. The molecular formula is C20H31NO. The monoisotopic (exact) mass is 301 g/mol. The highest BCUT2D eigenvalue weighted by molar-refractivity contribution is 5.68. The summed E-state index contributed by atoms with van der Waals surface area (Å²) in [6, 6.07) is 8.79. The van der Waals surface area contributed by atoms with Gasteiger partial charge in [0.2, 0.25) is 0 Å². The van der Waals surface area contributed by atoms with E-state index in [0.717, 1.165) is 32.1 Å². The van der Waals surface area contributed by atoms with Crippen LogP contribution < -0.4 is 0 Å². The van der Waals surface area contributed by atoms with Gasteiger partial charge in [-0.1, -0.05) is 62.7 Å². The van der Waals surface area contributed by atoms with E-state index in [-0.39, 0.29) is 0 Å². The van der Waals surface area contributed by atoms with Crippen molar-refractivity contribution in [3.8, 4) is 0 Å². The molecule has 2 heteroatoms. The van der Waals surface area contributed by atoms with Gasteiger partial charge in [-0.2, -0.15) is 4.91 Å². The number of rotatable bonds is 11. The minimum absolute atomic E-state index is 0.467. The first-order chi connectivity index (χ1) is 10.7. The third-order valence-electron chi connectivity index (χ3n) is 4.28. The van der Waals surface area contributed by atoms with E-state index < -0.39 is 0 Å². The summed E-state index contributed by atoms with van der Waals surface area (Å²) in [5.74, 6) is 0.686. The Balaban J connectivity index is 2.55. The van der Waals surface area contributed by atoms with Gasteiger partial charge in [-0.3, -0.25) is 0 Å². The van der Waals surface area contributed by atoms with Gasteiger partial charge in [0.05, 0.1) is 6.54 Å². The standard InChI is InChI=1S/C20H31NO/c1-4-10-19(20-15-7-6-13-18(20)5-2)14-8-11-17(3)12-9-16-21-22/h6-7,10,13,15,17H,4-5,8-9,11-12,14,16H2,1-3H3/b19-10+. The SMILES string of the molecule is CC/C=C(\CCCC(C)CCCN=O)c1ccccc1CC. The van der Waals surface area contributed by atoms with E-state index in [1.54, 1.807) is 0 Å². The molecule has 0 aromatic heterocycles. The predicted molar refractivity (Wildman–Crippen MR) is 97.0 cm³/mol. The molecule has 0 N–H and O–H groups in total. The fourth-order valence-electron chi connectivity index (χ4n) is 3.02. The number of allylic oxidation sites excluding steroid dienone is 2. The number of hydrogen-bond donors (Lipinski definition) is 0. The minimum atomic E-state index is 0.467. The Morgan fingerprint density at radius 1 is 1.18 bits per heavy atom. The van der Waals surface area contributed by atoms with Crippen molar-refractivity contribution in [3.63, 3.8) is 0 Å². The molecule has 1 atom stereocenters. The summed E-state index contributed by atoms with van der Waals surface area (Å²) < 4.78 is 0. The molecule has 1 aromatic carbocycles. The number of benzene rings is 1. The molecule has 122 valence electrons. The van der Waals surface area contributed by atoms with Crippen molar-refractivity contribution >= 4 is 5.57 Å². The van der Waals surface area contributed by atoms with Crippen LogP contribution in [0.3, 0.4) is 0 Å². The Labute approximate surface area is 136 Å². The number of aryl methyl sites for hydroxylation is 1. The Bertz CT molecular complexity index is 465. The Morgan fingerprint density at radius 3 is 2.59 bits per heavy atom. The van der Waals surface area contributed by atoms with Crippen LogP contribution in [0.2, 0.25) is 0 Å². The van der Waals surface area contributed by atoms with E-state index >= 15 is 0 Å². The van der Waals surface area contributed by atoms with Crippen LogP contribution in [0, 0.1) is 10.8 Å². The van der Waals surface area contributed by atoms with Gasteiger partial charge >= 0.3 is 0 Å². The van der Waals surface area contributed by atoms with Crippen molar-refractivity contribution in [1.82, 2.24) is 0 Å². The van der Waals surface area contributed by atoms with Gasteiger partial charge < -0.3 is 0 Å². The van der Waals surface area contributed by atoms with Crippen LogP contribution in [0.15, 0.2) is 35.5 Å². The quantitative estimate of drug-likeness (QED) is 0.343. The van der Waals surface area contributed by atoms with Crippen LogP contribution >= 0.6 is 0 Å². The van der Waals surface area contributed by atoms with Gasteiger partial charge in [-0.05, 0) is 61.1 Å². The lowest BCUT2D eigenvalue weighted by Gasteiger charge is -2.14. The zero-order chi connectivity index (χ0) is 16.2. The summed E-state index contributed by atoms with van der Waals surface area (Å²) in [6.07, 6.45) is 10.2. The van der Waals surface area contributed by atoms with E-state index in [1.165, 1.54) is 29.5 Å². The molecule has 0 radical (unpaired) electrons. The summed E-state index contributed by atoms with van der Waals surface area (Å²) in [6.45, 7) is 7.19. The average Bonchev–Trinajstić information content (AvgIpc) is 2.54. The molecule has 0 aliphatic heterocycles. The molecular weight excluding hydrogens is 270 g/mol. The smallest absolute Gasteiger partial charge is 0.0811 e. The fraction of sp³-hybridized carbons (Fsp3) is 0.600. The molecule has 0 aliphatic carbocycles. The highest BCUT2D eigenvalue weighted by Gasteiger charge is 2.08. The third kappa shape index (κ3) is 6.55. The number of nitrogens with zero attached hydrogens (tertiary/aromatic N) is 1. The summed E-state index contributed by atoms with van der Waals surface area (Å²) >= 11 is 0. The molecule has 0 heterocycles. The predicted octanol–water partition coefficient (Wildman–Crippen LogP) is 6.40. The molecule has 0 amide bonds. The first-order valence-electron chi connectivity index (χ1n) is 8.79. The minimum Gasteiger partial charge on any atom is -0.151 e. The van der Waals surface area contributed by atoms with Gasteiger partial charge in [0.15, 0.2) is 0 Å². The number of hydrogen-bond acceptors (Lipinski definition) is 2. The molecule has 1 unspecified atom stereocenters. The maximum absolute atomic E-state index is 10.1. The van der Waals surface area contributed by atoms with Crippen molar-refractivity contribution in [2.24, 2.45) is 11.1 Å². The second-order valence-electron chi connectivity index (χ2n) is 6.14. The van der Waals surface area contributed by atoms with Gasteiger partial charge in [-0.15, -0.1) is 0 Å². The van der Waals surface area contributed by atoms with Gasteiger partial charge in [0, 0.05) is 0 Å². The Kier molecular flexibility index (Phi) is 9.45. The lowest BCUT2D eigenvalue weighted by molar-refractivity contribution is 0.466. The molecule has 22 heavy (non-hydrogen) atoms. The summed E-state index contributed by atoms with van der Waals surface area (Å²) in [5.41, 5.74) is 4.39. The van der Waals surface area contributed by atoms with E-state index in [1.807, 2.05) is 0 Å². The van der Waals surface area contributed by atoms with Crippen LogP contribution in [0.5, 0.6) is 0 Å². The molecule has 1 rings (SSSR count). The van der Waals surface area contributed by atoms with Crippen LogP contribution in [0.4, 0.5) is 0 Å². The lowest BCUT2D eigenvalue weighted by atomic mass is 9.91. The van der Waals surface area contributed by atoms with E-state index in [0.29, 0.717) is 12.5 Å². The lowest BCUT2D eigenvalue weighted by Crippen LogP contribution is -1.98. The normalized spacial score (nSPS) is 13.1. The maximum atomic E-state index is 10.1. The second kappa shape index (κ2) is 11.2. The van der Waals surface area contributed by atoms with Crippen LogP contribution in [0.25, 0.3) is 5.57 Å². The summed E-state index contributed by atoms with van der Waals surface area (Å²) in [4.78, 5) is 10.1. The van der Waals surface area contributed by atoms with Crippen molar-refractivity contribution in [3.05, 3.63) is 46.4 Å². The van der Waals surface area contributed by atoms with E-state index in [4.69, 9.17) is 0 Å². The first-order valence-corrected chi connectivity index (χ1v) is 8.79. The maximum Gasteiger partial charge on any atom is 0.0811 e. The van der Waals surface area contributed by atoms with Crippen LogP contribution in [-0.4, -0.2) is 6.54 Å². The van der Waals surface area contributed by atoms with Crippen molar-refractivity contribution in [1.29, 1.82) is 0 Å². The second-order valence-corrected chi connectivity index (χ2v) is 6.14. The third-order valence-corrected chi connectivity index (χ3v) is 4.28. The highest BCUT2D eigenvalue weighted by Crippen LogP contribution is 2.26. The highest BCUT2D eigenvalue weighted by atomic mass is 16.3. The topological polar surface area (TPSA) is 29.4 Å². The zero-order valence-electron chi connectivity index (χ0n) is 14.5. The van der Waals surface area contributed by atoms with Crippen molar-refractivity contribution in [2.45, 2.75) is 65.7 Å². The molecule has 0 fully saturated rings. The molecule has 0 aliphatic rings. The van der Waals surface area contributed by atoms with Crippen molar-refractivity contribution < 1.29 is 0 Å². The summed E-state index contributed by atoms with van der Waals surface area (Å²) in [5, 5.41) is 2.94. The largest absolute Gasteiger partial charge is 0.151 e. The van der Waals surface area contributed by atoms with Crippen LogP contribution in [0.1, 0.15) is 70.4 Å². The number of nitroso groups, excluding NO2 is 1. The van der Waals surface area contributed by atoms with Gasteiger partial charge in [0.25, 0.3) is 0 Å². The summed E-state index contributed by atoms with van der Waals surface area (Å²) in [7, 11) is 0. The molecule has 2 nitrogen and oxygen atoms in total. The molecule has 0 saturated carbocycles. The Morgan fingerprint density at radius 2 is 1.91 bits per heavy atom. The molecule has 0 spiro atoms. The fourth-order valence-corrected chi connectivity index (χ4v) is 3.02. The van der Waals surface area contributed by atoms with Crippen molar-refractivity contribution in [2.75, 3.05) is 6.54 Å². The first kappa shape index (κ1) is 18.6. The Hall–Kier alpha value is -1.44. The average molecular weight is 301 g/mol. The van der Waals surface area contributed by atoms with Crippen LogP contribution in [-0.2, 0) is 6.42 Å². The van der Waals surface area contributed by atoms with E-state index in [2.05, 4.69) is 56.3 Å². The van der Waals surface area contributed by atoms with Gasteiger partial charge in [0.1, 0.15) is 0 Å². The van der Waals surface area contributed by atoms with Gasteiger partial charge in [-0.25, -0.2) is 0 Å². The molecule has 1 aromatic rings. The zero-order valence-corrected chi connectivity index (χ0v) is 14.5. The molecule has 0 bridgehead atoms.